The van der Waals surface area contributed by atoms with Crippen molar-refractivity contribution in [3.63, 3.8) is 0 Å². The van der Waals surface area contributed by atoms with Crippen LogP contribution in [-0.4, -0.2) is 21.6 Å². The first-order valence-corrected chi connectivity index (χ1v) is 11.5. The lowest BCUT2D eigenvalue weighted by molar-refractivity contribution is 0.210. The van der Waals surface area contributed by atoms with Gasteiger partial charge in [0, 0.05) is 5.02 Å². The van der Waals surface area contributed by atoms with Crippen LogP contribution in [0, 0.1) is 0 Å². The molecular formula is C17H21ClNO5PS. The first-order chi connectivity index (χ1) is 12.3. The molecule has 0 fully saturated rings. The van der Waals surface area contributed by atoms with E-state index in [-0.39, 0.29) is 18.1 Å². The molecule has 0 spiro atoms. The van der Waals surface area contributed by atoms with Crippen molar-refractivity contribution in [1.29, 1.82) is 0 Å². The third kappa shape index (κ3) is 5.16. The summed E-state index contributed by atoms with van der Waals surface area (Å²) in [4.78, 5) is 0.00220. The Morgan fingerprint density at radius 2 is 1.54 bits per heavy atom. The van der Waals surface area contributed by atoms with Crippen LogP contribution in [0.2, 0.25) is 5.02 Å². The summed E-state index contributed by atoms with van der Waals surface area (Å²) < 4.78 is 52.1. The summed E-state index contributed by atoms with van der Waals surface area (Å²) in [6.45, 7) is 3.56. The van der Waals surface area contributed by atoms with Gasteiger partial charge in [0.1, 0.15) is 5.78 Å². The standard InChI is InChI=1S/C17H21ClNO5PS/c1-3-23-25(20,24-4-2)17(14-8-6-5-7-9-14)19-26(21,22)16-12-10-15(18)11-13-16/h5-13,17,19H,3-4H2,1-2H3. The van der Waals surface area contributed by atoms with Gasteiger partial charge in [-0.05, 0) is 43.7 Å². The Labute approximate surface area is 159 Å². The van der Waals surface area contributed by atoms with Gasteiger partial charge >= 0.3 is 7.60 Å². The zero-order valence-corrected chi connectivity index (χ0v) is 16.9. The van der Waals surface area contributed by atoms with Crippen LogP contribution in [0.15, 0.2) is 59.5 Å². The zero-order chi connectivity index (χ0) is 19.2. The lowest BCUT2D eigenvalue weighted by Crippen LogP contribution is -2.30. The number of benzene rings is 2. The van der Waals surface area contributed by atoms with E-state index >= 15 is 0 Å². The summed E-state index contributed by atoms with van der Waals surface area (Å²) in [7, 11) is -7.78. The van der Waals surface area contributed by atoms with Crippen LogP contribution in [0.4, 0.5) is 0 Å². The molecule has 2 rings (SSSR count). The predicted octanol–water partition coefficient (Wildman–Crippen LogP) is 4.58. The molecule has 2 aromatic carbocycles. The molecule has 0 aliphatic rings. The molecule has 0 amide bonds. The molecule has 0 radical (unpaired) electrons. The molecular weight excluding hydrogens is 397 g/mol. The molecule has 0 aromatic heterocycles. The second-order valence-electron chi connectivity index (χ2n) is 5.26. The first kappa shape index (κ1) is 21.1. The Hall–Kier alpha value is -1.21. The van der Waals surface area contributed by atoms with Crippen LogP contribution in [0.1, 0.15) is 25.2 Å². The molecule has 1 atom stereocenters. The van der Waals surface area contributed by atoms with E-state index in [0.29, 0.717) is 10.6 Å². The summed E-state index contributed by atoms with van der Waals surface area (Å²) in [6, 6.07) is 14.2. The van der Waals surface area contributed by atoms with Gasteiger partial charge in [-0.2, -0.15) is 4.72 Å². The maximum Gasteiger partial charge on any atom is 0.352 e. The lowest BCUT2D eigenvalue weighted by atomic mass is 10.2. The largest absolute Gasteiger partial charge is 0.352 e. The first-order valence-electron chi connectivity index (χ1n) is 8.04. The number of nitrogens with one attached hydrogen (secondary N) is 1. The molecule has 2 aromatic rings. The summed E-state index contributed by atoms with van der Waals surface area (Å²) in [5, 5.41) is 0.415. The van der Waals surface area contributed by atoms with E-state index in [1.165, 1.54) is 24.3 Å². The molecule has 0 saturated heterocycles. The lowest BCUT2D eigenvalue weighted by Gasteiger charge is -2.27. The minimum atomic E-state index is -3.99. The molecule has 9 heteroatoms. The van der Waals surface area contributed by atoms with Gasteiger partial charge in [0.15, 0.2) is 0 Å². The van der Waals surface area contributed by atoms with Gasteiger partial charge in [0.2, 0.25) is 10.0 Å². The van der Waals surface area contributed by atoms with Crippen LogP contribution in [0.3, 0.4) is 0 Å². The minimum Gasteiger partial charge on any atom is -0.308 e. The normalized spacial score (nSPS) is 13.5. The van der Waals surface area contributed by atoms with Crippen LogP contribution in [-0.2, 0) is 23.6 Å². The fraction of sp³-hybridized carbons (Fsp3) is 0.294. The fourth-order valence-electron chi connectivity index (χ4n) is 2.33. The molecule has 6 nitrogen and oxygen atoms in total. The van der Waals surface area contributed by atoms with E-state index in [9.17, 15) is 13.0 Å². The third-order valence-corrected chi connectivity index (χ3v) is 7.60. The fourth-order valence-corrected chi connectivity index (χ4v) is 6.07. The second kappa shape index (κ2) is 9.13. The van der Waals surface area contributed by atoms with Crippen molar-refractivity contribution in [1.82, 2.24) is 4.72 Å². The van der Waals surface area contributed by atoms with Crippen molar-refractivity contribution in [2.45, 2.75) is 24.5 Å². The zero-order valence-electron chi connectivity index (χ0n) is 14.5. The minimum absolute atomic E-state index is 0.00220. The van der Waals surface area contributed by atoms with Crippen LogP contribution in [0.25, 0.3) is 0 Å². The predicted molar refractivity (Wildman–Crippen MR) is 102 cm³/mol. The Morgan fingerprint density at radius 3 is 2.04 bits per heavy atom. The SMILES string of the molecule is CCOP(=O)(OCC)C(NS(=O)(=O)c1ccc(Cl)cc1)c1ccccc1. The Bertz CT molecular complexity index is 848. The molecule has 1 N–H and O–H groups in total. The Balaban J connectivity index is 2.47. The topological polar surface area (TPSA) is 81.7 Å². The Morgan fingerprint density at radius 1 is 1.00 bits per heavy atom. The summed E-state index contributed by atoms with van der Waals surface area (Å²) in [5.74, 6) is -1.18. The van der Waals surface area contributed by atoms with Crippen molar-refractivity contribution in [3.8, 4) is 0 Å². The second-order valence-corrected chi connectivity index (χ2v) is 9.53. The number of rotatable bonds is 9. The summed E-state index contributed by atoms with van der Waals surface area (Å²) >= 11 is 5.82. The van der Waals surface area contributed by atoms with Crippen LogP contribution in [0.5, 0.6) is 0 Å². The quantitative estimate of drug-likeness (QED) is 0.604. The van der Waals surface area contributed by atoms with Gasteiger partial charge in [-0.25, -0.2) is 8.42 Å². The highest BCUT2D eigenvalue weighted by atomic mass is 35.5. The molecule has 0 heterocycles. The van der Waals surface area contributed by atoms with E-state index < -0.39 is 23.4 Å². The van der Waals surface area contributed by atoms with Gasteiger partial charge in [-0.3, -0.25) is 4.57 Å². The van der Waals surface area contributed by atoms with Gasteiger partial charge < -0.3 is 9.05 Å². The third-order valence-electron chi connectivity index (χ3n) is 3.44. The van der Waals surface area contributed by atoms with E-state index in [2.05, 4.69) is 4.72 Å². The smallest absolute Gasteiger partial charge is 0.308 e. The van der Waals surface area contributed by atoms with E-state index in [1.807, 2.05) is 0 Å². The highest BCUT2D eigenvalue weighted by molar-refractivity contribution is 7.89. The summed E-state index contributed by atoms with van der Waals surface area (Å²) in [6.07, 6.45) is 0. The highest BCUT2D eigenvalue weighted by Crippen LogP contribution is 2.59. The maximum absolute atomic E-state index is 13.3. The Kier molecular flexibility index (Phi) is 7.41. The maximum atomic E-state index is 13.3. The number of sulfonamides is 1. The van der Waals surface area contributed by atoms with E-state index in [1.54, 1.807) is 44.2 Å². The average molecular weight is 418 g/mol. The van der Waals surface area contributed by atoms with Crippen molar-refractivity contribution < 1.29 is 22.0 Å². The molecule has 0 aliphatic heterocycles. The van der Waals surface area contributed by atoms with Gasteiger partial charge in [-0.1, -0.05) is 41.9 Å². The van der Waals surface area contributed by atoms with E-state index in [0.717, 1.165) is 0 Å². The number of halogens is 1. The molecule has 0 saturated carbocycles. The van der Waals surface area contributed by atoms with Crippen molar-refractivity contribution in [2.24, 2.45) is 0 Å². The number of hydrogen-bond donors (Lipinski definition) is 1. The molecule has 0 bridgehead atoms. The van der Waals surface area contributed by atoms with Gasteiger partial charge in [0.05, 0.1) is 18.1 Å². The number of hydrogen-bond acceptors (Lipinski definition) is 5. The highest BCUT2D eigenvalue weighted by Gasteiger charge is 2.40. The van der Waals surface area contributed by atoms with Crippen molar-refractivity contribution >= 4 is 29.2 Å². The van der Waals surface area contributed by atoms with Crippen LogP contribution >= 0.6 is 19.2 Å². The molecule has 0 aliphatic carbocycles. The molecule has 142 valence electrons. The van der Waals surface area contributed by atoms with Crippen molar-refractivity contribution in [3.05, 3.63) is 65.2 Å². The molecule has 26 heavy (non-hydrogen) atoms. The van der Waals surface area contributed by atoms with Gasteiger partial charge in [-0.15, -0.1) is 0 Å². The monoisotopic (exact) mass is 417 g/mol. The van der Waals surface area contributed by atoms with E-state index in [4.69, 9.17) is 20.6 Å². The summed E-state index contributed by atoms with van der Waals surface area (Å²) in [5.41, 5.74) is 0.482. The van der Waals surface area contributed by atoms with Gasteiger partial charge in [0.25, 0.3) is 0 Å². The molecule has 1 unspecified atom stereocenters. The van der Waals surface area contributed by atoms with Crippen molar-refractivity contribution in [2.75, 3.05) is 13.2 Å². The van der Waals surface area contributed by atoms with Crippen LogP contribution < -0.4 is 4.72 Å². The average Bonchev–Trinajstić information content (AvgIpc) is 2.61.